The number of ether oxygens (including phenoxy) is 1. The van der Waals surface area contributed by atoms with Gasteiger partial charge in [-0.1, -0.05) is 31.1 Å². The highest BCUT2D eigenvalue weighted by Gasteiger charge is 2.33. The lowest BCUT2D eigenvalue weighted by molar-refractivity contribution is 0.0528. The Bertz CT molecular complexity index is 1010. The van der Waals surface area contributed by atoms with Gasteiger partial charge in [-0.05, 0) is 42.9 Å². The second kappa shape index (κ2) is 8.73. The summed E-state index contributed by atoms with van der Waals surface area (Å²) < 4.78 is 16.7. The Balaban J connectivity index is 1.52. The number of likely N-dealkylation sites (tertiary alicyclic amines) is 1. The number of carbonyl (C=O) groups is 1. The standard InChI is InChI=1S/C23H27N3O4/c1-15(2)19-13-21(30-25-19)23(27)26-10-5-4-9-20(26)22-24-14-18(29-22)12-16-7-6-8-17(11-16)28-3/h6-8,11,13-15,20H,4-5,9-10,12H2,1-3H3. The maximum absolute atomic E-state index is 13.1. The zero-order valence-corrected chi connectivity index (χ0v) is 17.6. The molecule has 7 nitrogen and oxygen atoms in total. The zero-order valence-electron chi connectivity index (χ0n) is 17.6. The normalized spacial score (nSPS) is 16.8. The predicted octanol–water partition coefficient (Wildman–Crippen LogP) is 4.75. The van der Waals surface area contributed by atoms with Gasteiger partial charge in [0.05, 0.1) is 19.0 Å². The summed E-state index contributed by atoms with van der Waals surface area (Å²) in [6, 6.07) is 9.41. The number of benzene rings is 1. The number of amides is 1. The van der Waals surface area contributed by atoms with Gasteiger partial charge in [0.2, 0.25) is 11.7 Å². The summed E-state index contributed by atoms with van der Waals surface area (Å²) >= 11 is 0. The molecular weight excluding hydrogens is 382 g/mol. The largest absolute Gasteiger partial charge is 0.497 e. The summed E-state index contributed by atoms with van der Waals surface area (Å²) in [6.45, 7) is 4.69. The van der Waals surface area contributed by atoms with Crippen LogP contribution < -0.4 is 4.74 Å². The van der Waals surface area contributed by atoms with Crippen LogP contribution >= 0.6 is 0 Å². The van der Waals surface area contributed by atoms with Crippen molar-refractivity contribution in [3.05, 3.63) is 65.2 Å². The highest BCUT2D eigenvalue weighted by Crippen LogP contribution is 2.32. The van der Waals surface area contributed by atoms with Gasteiger partial charge in [-0.2, -0.15) is 0 Å². The highest BCUT2D eigenvalue weighted by molar-refractivity contribution is 5.91. The second-order valence-electron chi connectivity index (χ2n) is 7.97. The van der Waals surface area contributed by atoms with E-state index in [1.807, 2.05) is 38.1 Å². The molecule has 1 unspecified atom stereocenters. The van der Waals surface area contributed by atoms with Gasteiger partial charge in [0.25, 0.3) is 5.91 Å². The van der Waals surface area contributed by atoms with Gasteiger partial charge in [-0.25, -0.2) is 4.98 Å². The molecular formula is C23H27N3O4. The van der Waals surface area contributed by atoms with E-state index in [0.29, 0.717) is 18.9 Å². The van der Waals surface area contributed by atoms with Crippen LogP contribution in [-0.2, 0) is 6.42 Å². The molecule has 158 valence electrons. The first-order valence-electron chi connectivity index (χ1n) is 10.4. The van der Waals surface area contributed by atoms with E-state index in [1.165, 1.54) is 0 Å². The van der Waals surface area contributed by atoms with Gasteiger partial charge in [0.15, 0.2) is 0 Å². The van der Waals surface area contributed by atoms with Crippen LogP contribution in [0.3, 0.4) is 0 Å². The summed E-state index contributed by atoms with van der Waals surface area (Å²) in [6.07, 6.45) is 5.15. The van der Waals surface area contributed by atoms with Crippen molar-refractivity contribution in [2.45, 2.75) is 51.5 Å². The number of hydrogen-bond acceptors (Lipinski definition) is 6. The molecule has 1 aliphatic rings. The maximum atomic E-state index is 13.1. The van der Waals surface area contributed by atoms with Gasteiger partial charge in [-0.15, -0.1) is 0 Å². The average Bonchev–Trinajstić information content (AvgIpc) is 3.43. The molecule has 0 radical (unpaired) electrons. The van der Waals surface area contributed by atoms with Crippen molar-refractivity contribution >= 4 is 5.91 Å². The number of piperidine rings is 1. The molecule has 30 heavy (non-hydrogen) atoms. The fourth-order valence-electron chi connectivity index (χ4n) is 3.78. The fourth-order valence-corrected chi connectivity index (χ4v) is 3.78. The third kappa shape index (κ3) is 4.25. The van der Waals surface area contributed by atoms with E-state index in [0.717, 1.165) is 42.0 Å². The molecule has 3 heterocycles. The average molecular weight is 409 g/mol. The van der Waals surface area contributed by atoms with Gasteiger partial charge in [0.1, 0.15) is 17.6 Å². The van der Waals surface area contributed by atoms with Crippen LogP contribution in [0.5, 0.6) is 5.75 Å². The molecule has 1 aromatic carbocycles. The Morgan fingerprint density at radius 3 is 2.93 bits per heavy atom. The minimum Gasteiger partial charge on any atom is -0.497 e. The lowest BCUT2D eigenvalue weighted by Gasteiger charge is -2.32. The number of carbonyl (C=O) groups excluding carboxylic acids is 1. The lowest BCUT2D eigenvalue weighted by atomic mass is 10.0. The smallest absolute Gasteiger partial charge is 0.293 e. The van der Waals surface area contributed by atoms with E-state index in [1.54, 1.807) is 24.3 Å². The van der Waals surface area contributed by atoms with Gasteiger partial charge < -0.3 is 18.6 Å². The van der Waals surface area contributed by atoms with Crippen LogP contribution in [0.2, 0.25) is 0 Å². The molecule has 0 bridgehead atoms. The van der Waals surface area contributed by atoms with Crippen LogP contribution in [0.4, 0.5) is 0 Å². The number of nitrogens with zero attached hydrogens (tertiary/aromatic N) is 3. The Kier molecular flexibility index (Phi) is 5.88. The first-order valence-corrected chi connectivity index (χ1v) is 10.4. The van der Waals surface area contributed by atoms with E-state index in [-0.39, 0.29) is 23.6 Å². The van der Waals surface area contributed by atoms with Crippen molar-refractivity contribution in [3.8, 4) is 5.75 Å². The Morgan fingerprint density at radius 2 is 2.17 bits per heavy atom. The van der Waals surface area contributed by atoms with E-state index < -0.39 is 0 Å². The van der Waals surface area contributed by atoms with E-state index >= 15 is 0 Å². The fraction of sp³-hybridized carbons (Fsp3) is 0.435. The highest BCUT2D eigenvalue weighted by atomic mass is 16.5. The third-order valence-corrected chi connectivity index (χ3v) is 5.46. The van der Waals surface area contributed by atoms with Crippen LogP contribution in [-0.4, -0.2) is 34.6 Å². The molecule has 0 N–H and O–H groups in total. The summed E-state index contributed by atoms with van der Waals surface area (Å²) in [5.41, 5.74) is 1.86. The molecule has 1 atom stereocenters. The Morgan fingerprint density at radius 1 is 1.30 bits per heavy atom. The number of hydrogen-bond donors (Lipinski definition) is 0. The number of aromatic nitrogens is 2. The minimum atomic E-state index is -0.196. The van der Waals surface area contributed by atoms with Gasteiger partial charge in [0, 0.05) is 19.0 Å². The van der Waals surface area contributed by atoms with Crippen LogP contribution in [0.1, 0.15) is 78.5 Å². The molecule has 0 aliphatic carbocycles. The summed E-state index contributed by atoms with van der Waals surface area (Å²) in [5.74, 6) is 2.46. The van der Waals surface area contributed by atoms with Crippen molar-refractivity contribution in [2.75, 3.05) is 13.7 Å². The van der Waals surface area contributed by atoms with E-state index in [2.05, 4.69) is 10.1 Å². The molecule has 1 fully saturated rings. The van der Waals surface area contributed by atoms with Crippen molar-refractivity contribution < 1.29 is 18.5 Å². The molecule has 1 saturated heterocycles. The maximum Gasteiger partial charge on any atom is 0.293 e. The third-order valence-electron chi connectivity index (χ3n) is 5.46. The Hall–Kier alpha value is -3.09. The van der Waals surface area contributed by atoms with Crippen molar-refractivity contribution in [1.29, 1.82) is 0 Å². The van der Waals surface area contributed by atoms with Crippen LogP contribution in [0.25, 0.3) is 0 Å². The molecule has 7 heteroatoms. The van der Waals surface area contributed by atoms with Crippen LogP contribution in [0.15, 0.2) is 45.5 Å². The van der Waals surface area contributed by atoms with E-state index in [9.17, 15) is 4.79 Å². The van der Waals surface area contributed by atoms with Crippen molar-refractivity contribution in [1.82, 2.24) is 15.0 Å². The molecule has 1 aliphatic heterocycles. The molecule has 0 spiro atoms. The Labute approximate surface area is 176 Å². The monoisotopic (exact) mass is 409 g/mol. The first kappa shape index (κ1) is 20.2. The quantitative estimate of drug-likeness (QED) is 0.584. The molecule has 2 aromatic heterocycles. The SMILES string of the molecule is COc1cccc(Cc2cnc(C3CCCCN3C(=O)c3cc(C(C)C)no3)o2)c1. The predicted molar refractivity (Wildman–Crippen MR) is 111 cm³/mol. The molecule has 0 saturated carbocycles. The minimum absolute atomic E-state index is 0.161. The summed E-state index contributed by atoms with van der Waals surface area (Å²) in [4.78, 5) is 19.4. The topological polar surface area (TPSA) is 81.6 Å². The first-order chi connectivity index (χ1) is 14.5. The van der Waals surface area contributed by atoms with E-state index in [4.69, 9.17) is 13.7 Å². The van der Waals surface area contributed by atoms with Gasteiger partial charge in [-0.3, -0.25) is 4.79 Å². The molecule has 1 amide bonds. The van der Waals surface area contributed by atoms with Gasteiger partial charge >= 0.3 is 0 Å². The lowest BCUT2D eigenvalue weighted by Crippen LogP contribution is -2.38. The second-order valence-corrected chi connectivity index (χ2v) is 7.97. The number of methoxy groups -OCH3 is 1. The zero-order chi connectivity index (χ0) is 21.1. The van der Waals surface area contributed by atoms with Crippen LogP contribution in [0, 0.1) is 0 Å². The number of oxazole rings is 1. The molecule has 3 aromatic rings. The number of rotatable bonds is 6. The summed E-state index contributed by atoms with van der Waals surface area (Å²) in [5, 5.41) is 4.02. The van der Waals surface area contributed by atoms with Crippen molar-refractivity contribution in [2.24, 2.45) is 0 Å². The summed E-state index contributed by atoms with van der Waals surface area (Å²) in [7, 11) is 1.65. The molecule has 4 rings (SSSR count). The van der Waals surface area contributed by atoms with Crippen molar-refractivity contribution in [3.63, 3.8) is 0 Å².